The topological polar surface area (TPSA) is 69.7 Å². The van der Waals surface area contributed by atoms with E-state index in [9.17, 15) is 13.2 Å². The van der Waals surface area contributed by atoms with E-state index in [0.29, 0.717) is 25.3 Å². The summed E-state index contributed by atoms with van der Waals surface area (Å²) in [5.41, 5.74) is 1.45. The van der Waals surface area contributed by atoms with E-state index in [-0.39, 0.29) is 22.4 Å². The Kier molecular flexibility index (Phi) is 7.10. The van der Waals surface area contributed by atoms with Crippen molar-refractivity contribution in [1.29, 1.82) is 0 Å². The van der Waals surface area contributed by atoms with E-state index in [2.05, 4.69) is 5.32 Å². The number of carbonyl (C=O) groups excluding carboxylic acids is 1. The van der Waals surface area contributed by atoms with E-state index >= 15 is 0 Å². The molecule has 9 heteroatoms. The van der Waals surface area contributed by atoms with Crippen LogP contribution in [-0.4, -0.2) is 50.6 Å². The molecular formula is C20H24ClN3O3S2. The van der Waals surface area contributed by atoms with Crippen LogP contribution in [0.2, 0.25) is 5.02 Å². The highest BCUT2D eigenvalue weighted by Gasteiger charge is 2.25. The second-order valence-electron chi connectivity index (χ2n) is 6.45. The van der Waals surface area contributed by atoms with Crippen molar-refractivity contribution >= 4 is 50.7 Å². The van der Waals surface area contributed by atoms with E-state index in [1.54, 1.807) is 36.6 Å². The monoisotopic (exact) mass is 453 g/mol. The van der Waals surface area contributed by atoms with Gasteiger partial charge >= 0.3 is 0 Å². The Hall–Kier alpha value is -1.74. The second kappa shape index (κ2) is 9.38. The molecule has 0 bridgehead atoms. The van der Waals surface area contributed by atoms with Gasteiger partial charge in [0.1, 0.15) is 4.90 Å². The molecule has 1 heterocycles. The molecule has 3 rings (SSSR count). The van der Waals surface area contributed by atoms with Crippen molar-refractivity contribution in [3.63, 3.8) is 0 Å². The van der Waals surface area contributed by atoms with Gasteiger partial charge in [-0.25, -0.2) is 8.42 Å². The number of fused-ring (bicyclic) bond motifs is 1. The summed E-state index contributed by atoms with van der Waals surface area (Å²) >= 11 is 7.91. The number of benzene rings is 2. The number of thioether (sulfide) groups is 1. The maximum Gasteiger partial charge on any atom is 0.246 e. The molecule has 0 fully saturated rings. The van der Waals surface area contributed by atoms with E-state index in [4.69, 9.17) is 11.6 Å². The predicted molar refractivity (Wildman–Crippen MR) is 120 cm³/mol. The van der Waals surface area contributed by atoms with Gasteiger partial charge in [0, 0.05) is 36.0 Å². The number of rotatable bonds is 7. The van der Waals surface area contributed by atoms with Crippen LogP contribution in [0.3, 0.4) is 0 Å². The third-order valence-corrected chi connectivity index (χ3v) is 8.30. The fourth-order valence-corrected chi connectivity index (χ4v) is 6.17. The van der Waals surface area contributed by atoms with Crippen molar-refractivity contribution in [2.45, 2.75) is 23.6 Å². The number of halogens is 1. The minimum Gasteiger partial charge on any atom is -0.376 e. The molecule has 0 aliphatic carbocycles. The van der Waals surface area contributed by atoms with E-state index in [0.717, 1.165) is 16.3 Å². The number of anilines is 2. The number of hydrogen-bond donors (Lipinski definition) is 1. The summed E-state index contributed by atoms with van der Waals surface area (Å²) < 4.78 is 27.0. The standard InChI is InChI=1S/C20H24ClN3O3S2/c1-3-23(4-2)29(26,27)19-13-15(9-10-16(19)21)22-14-20(25)24-11-12-28-18-8-6-5-7-17(18)24/h5-10,13,22H,3-4,11-12,14H2,1-2H3. The van der Waals surface area contributed by atoms with Crippen LogP contribution in [0.1, 0.15) is 13.8 Å². The molecule has 0 unspecified atom stereocenters. The van der Waals surface area contributed by atoms with Crippen LogP contribution in [0.5, 0.6) is 0 Å². The normalized spacial score (nSPS) is 14.0. The molecule has 0 atom stereocenters. The number of amides is 1. The van der Waals surface area contributed by atoms with Crippen LogP contribution in [0, 0.1) is 0 Å². The molecule has 1 N–H and O–H groups in total. The molecule has 0 radical (unpaired) electrons. The van der Waals surface area contributed by atoms with Crippen molar-refractivity contribution in [2.75, 3.05) is 42.1 Å². The Bertz CT molecular complexity index is 994. The molecule has 0 saturated heterocycles. The fraction of sp³-hybridized carbons (Fsp3) is 0.350. The Morgan fingerprint density at radius 2 is 1.93 bits per heavy atom. The maximum absolute atomic E-state index is 12.8. The summed E-state index contributed by atoms with van der Waals surface area (Å²) in [5, 5.41) is 3.21. The van der Waals surface area contributed by atoms with Gasteiger partial charge in [-0.2, -0.15) is 4.31 Å². The molecule has 0 aromatic heterocycles. The predicted octanol–water partition coefficient (Wildman–Crippen LogP) is 3.92. The third kappa shape index (κ3) is 4.71. The van der Waals surface area contributed by atoms with Crippen molar-refractivity contribution in [1.82, 2.24) is 4.31 Å². The second-order valence-corrected chi connectivity index (χ2v) is 9.90. The number of para-hydroxylation sites is 1. The van der Waals surface area contributed by atoms with Crippen molar-refractivity contribution in [3.8, 4) is 0 Å². The number of nitrogens with one attached hydrogen (secondary N) is 1. The van der Waals surface area contributed by atoms with E-state index in [1.165, 1.54) is 16.4 Å². The van der Waals surface area contributed by atoms with Gasteiger partial charge in [0.15, 0.2) is 0 Å². The zero-order valence-electron chi connectivity index (χ0n) is 16.4. The Morgan fingerprint density at radius 3 is 2.66 bits per heavy atom. The van der Waals surface area contributed by atoms with Gasteiger partial charge in [0.25, 0.3) is 0 Å². The van der Waals surface area contributed by atoms with Crippen LogP contribution in [0.25, 0.3) is 0 Å². The van der Waals surface area contributed by atoms with Crippen LogP contribution in [-0.2, 0) is 14.8 Å². The average molecular weight is 454 g/mol. The number of hydrogen-bond acceptors (Lipinski definition) is 5. The quantitative estimate of drug-likeness (QED) is 0.688. The molecule has 156 valence electrons. The van der Waals surface area contributed by atoms with Gasteiger partial charge in [-0.1, -0.05) is 37.6 Å². The largest absolute Gasteiger partial charge is 0.376 e. The zero-order chi connectivity index (χ0) is 21.0. The first-order chi connectivity index (χ1) is 13.9. The first-order valence-corrected chi connectivity index (χ1v) is 12.2. The molecule has 2 aromatic carbocycles. The molecule has 6 nitrogen and oxygen atoms in total. The average Bonchev–Trinajstić information content (AvgIpc) is 2.73. The zero-order valence-corrected chi connectivity index (χ0v) is 18.8. The lowest BCUT2D eigenvalue weighted by molar-refractivity contribution is -0.117. The van der Waals surface area contributed by atoms with Gasteiger partial charge < -0.3 is 10.2 Å². The van der Waals surface area contributed by atoms with Crippen LogP contribution < -0.4 is 10.2 Å². The fourth-order valence-electron chi connectivity index (χ4n) is 3.22. The van der Waals surface area contributed by atoms with Crippen molar-refractivity contribution in [2.24, 2.45) is 0 Å². The summed E-state index contributed by atoms with van der Waals surface area (Å²) in [5.74, 6) is 0.775. The van der Waals surface area contributed by atoms with Crippen LogP contribution in [0.15, 0.2) is 52.3 Å². The smallest absolute Gasteiger partial charge is 0.246 e. The molecule has 2 aromatic rings. The summed E-state index contributed by atoms with van der Waals surface area (Å²) in [4.78, 5) is 15.7. The molecule has 0 saturated carbocycles. The first-order valence-electron chi connectivity index (χ1n) is 9.44. The summed E-state index contributed by atoms with van der Waals surface area (Å²) in [6.45, 7) is 4.99. The SMILES string of the molecule is CCN(CC)S(=O)(=O)c1cc(NCC(=O)N2CCSc3ccccc32)ccc1Cl. The molecule has 1 aliphatic heterocycles. The lowest BCUT2D eigenvalue weighted by Crippen LogP contribution is -2.39. The van der Waals surface area contributed by atoms with Crippen LogP contribution >= 0.6 is 23.4 Å². The highest BCUT2D eigenvalue weighted by Crippen LogP contribution is 2.34. The Labute approximate surface area is 181 Å². The highest BCUT2D eigenvalue weighted by molar-refractivity contribution is 7.99. The van der Waals surface area contributed by atoms with Crippen LogP contribution in [0.4, 0.5) is 11.4 Å². The van der Waals surface area contributed by atoms with Gasteiger partial charge in [-0.05, 0) is 30.3 Å². The minimum atomic E-state index is -3.69. The Balaban J connectivity index is 1.76. The van der Waals surface area contributed by atoms with Gasteiger partial charge in [-0.3, -0.25) is 4.79 Å². The molecule has 1 amide bonds. The molecule has 0 spiro atoms. The van der Waals surface area contributed by atoms with E-state index < -0.39 is 10.0 Å². The lowest BCUT2D eigenvalue weighted by Gasteiger charge is -2.29. The molecule has 1 aliphatic rings. The van der Waals surface area contributed by atoms with Gasteiger partial charge in [0.2, 0.25) is 15.9 Å². The maximum atomic E-state index is 12.8. The van der Waals surface area contributed by atoms with E-state index in [1.807, 2.05) is 24.3 Å². The third-order valence-electron chi connectivity index (χ3n) is 4.73. The Morgan fingerprint density at radius 1 is 1.21 bits per heavy atom. The number of nitrogens with zero attached hydrogens (tertiary/aromatic N) is 2. The van der Waals surface area contributed by atoms with Crippen molar-refractivity contribution in [3.05, 3.63) is 47.5 Å². The highest BCUT2D eigenvalue weighted by atomic mass is 35.5. The lowest BCUT2D eigenvalue weighted by atomic mass is 10.2. The van der Waals surface area contributed by atoms with Crippen molar-refractivity contribution < 1.29 is 13.2 Å². The summed E-state index contributed by atoms with van der Waals surface area (Å²) in [6, 6.07) is 12.5. The minimum absolute atomic E-state index is 0.0417. The number of carbonyl (C=O) groups is 1. The first kappa shape index (κ1) is 22.0. The molecular weight excluding hydrogens is 430 g/mol. The van der Waals surface area contributed by atoms with Gasteiger partial charge in [-0.15, -0.1) is 11.8 Å². The summed E-state index contributed by atoms with van der Waals surface area (Å²) in [6.07, 6.45) is 0. The number of sulfonamides is 1. The van der Waals surface area contributed by atoms with Gasteiger partial charge in [0.05, 0.1) is 17.3 Å². The molecule has 29 heavy (non-hydrogen) atoms. The summed E-state index contributed by atoms with van der Waals surface area (Å²) in [7, 11) is -3.69.